The van der Waals surface area contributed by atoms with E-state index in [1.165, 1.54) is 48.2 Å². The van der Waals surface area contributed by atoms with Crippen LogP contribution in [-0.4, -0.2) is 93.1 Å². The van der Waals surface area contributed by atoms with Gasteiger partial charge in [0.05, 0.1) is 16.2 Å². The van der Waals surface area contributed by atoms with Gasteiger partial charge in [0.15, 0.2) is 5.54 Å². The maximum atomic E-state index is 14.2. The first kappa shape index (κ1) is 27.2. The minimum atomic E-state index is -3.74. The molecular formula is C27H30N4O6S. The van der Waals surface area contributed by atoms with Crippen molar-refractivity contribution in [1.29, 1.82) is 0 Å². The van der Waals surface area contributed by atoms with Gasteiger partial charge in [-0.2, -0.15) is 0 Å². The molecule has 2 aromatic carbocycles. The van der Waals surface area contributed by atoms with Crippen LogP contribution in [0.15, 0.2) is 71.7 Å². The fourth-order valence-electron chi connectivity index (χ4n) is 4.92. The standard InChI is InChI=1S/C27H30N4O6S/c1-6-15-30-21-10-8-7-9-20(21)27(26(30)35)22(24(33)25(34)31(27)17-16-28(2)3)23(32)18-11-13-19(14-12-18)38(36,37)29(4)5/h6-14,32H,1,15-17H2,2-5H3/t27-/m0/s1. The van der Waals surface area contributed by atoms with Crippen LogP contribution in [0.4, 0.5) is 5.69 Å². The van der Waals surface area contributed by atoms with Crippen LogP contribution in [0.25, 0.3) is 5.76 Å². The van der Waals surface area contributed by atoms with Gasteiger partial charge in [-0.3, -0.25) is 14.4 Å². The molecule has 0 saturated carbocycles. The Morgan fingerprint density at radius 3 is 2.24 bits per heavy atom. The van der Waals surface area contributed by atoms with E-state index in [1.54, 1.807) is 44.4 Å². The number of anilines is 1. The highest BCUT2D eigenvalue weighted by molar-refractivity contribution is 7.89. The van der Waals surface area contributed by atoms with Gasteiger partial charge >= 0.3 is 0 Å². The van der Waals surface area contributed by atoms with Crippen LogP contribution in [-0.2, 0) is 29.9 Å². The predicted molar refractivity (Wildman–Crippen MR) is 143 cm³/mol. The third-order valence-corrected chi connectivity index (χ3v) is 8.63. The molecule has 10 nitrogen and oxygen atoms in total. The van der Waals surface area contributed by atoms with Crippen LogP contribution < -0.4 is 4.90 Å². The minimum Gasteiger partial charge on any atom is -0.507 e. The van der Waals surface area contributed by atoms with E-state index in [1.807, 2.05) is 4.90 Å². The molecule has 0 aromatic heterocycles. The number of Topliss-reactive ketones (excluding diaryl/α,β-unsaturated/α-hetero) is 1. The van der Waals surface area contributed by atoms with Crippen molar-refractivity contribution in [2.24, 2.45) is 0 Å². The molecule has 0 bridgehead atoms. The Morgan fingerprint density at radius 2 is 1.66 bits per heavy atom. The molecular weight excluding hydrogens is 508 g/mol. The number of rotatable bonds is 8. The van der Waals surface area contributed by atoms with Crippen molar-refractivity contribution in [3.8, 4) is 0 Å². The molecule has 2 aliphatic heterocycles. The van der Waals surface area contributed by atoms with Crippen molar-refractivity contribution < 1.29 is 27.9 Å². The quantitative estimate of drug-likeness (QED) is 0.235. The van der Waals surface area contributed by atoms with Crippen molar-refractivity contribution >= 4 is 39.1 Å². The van der Waals surface area contributed by atoms with E-state index in [0.29, 0.717) is 17.8 Å². The summed E-state index contributed by atoms with van der Waals surface area (Å²) in [7, 11) is 2.68. The lowest BCUT2D eigenvalue weighted by atomic mass is 9.82. The van der Waals surface area contributed by atoms with Crippen LogP contribution in [0.1, 0.15) is 11.1 Å². The molecule has 38 heavy (non-hydrogen) atoms. The fourth-order valence-corrected chi connectivity index (χ4v) is 5.82. The van der Waals surface area contributed by atoms with Crippen LogP contribution >= 0.6 is 0 Å². The number of hydrogen-bond donors (Lipinski definition) is 1. The van der Waals surface area contributed by atoms with Gasteiger partial charge in [0.1, 0.15) is 5.76 Å². The SMILES string of the molecule is C=CCN1C(=O)[C@@]2(C(=C(O)c3ccc(S(=O)(=O)N(C)C)cc3)C(=O)C(=O)N2CCN(C)C)c2ccccc21. The van der Waals surface area contributed by atoms with E-state index >= 15 is 0 Å². The number of likely N-dealkylation sites (N-methyl/N-ethyl adjacent to an activating group) is 1. The van der Waals surface area contributed by atoms with Crippen molar-refractivity contribution in [3.05, 3.63) is 77.9 Å². The Kier molecular flexibility index (Phi) is 7.04. The molecule has 11 heteroatoms. The molecule has 1 N–H and O–H groups in total. The molecule has 0 aliphatic carbocycles. The van der Waals surface area contributed by atoms with E-state index in [4.69, 9.17) is 0 Å². The Hall–Kier alpha value is -3.80. The summed E-state index contributed by atoms with van der Waals surface area (Å²) in [6.07, 6.45) is 1.55. The smallest absolute Gasteiger partial charge is 0.296 e. The van der Waals surface area contributed by atoms with Gasteiger partial charge in [-0.05, 0) is 44.4 Å². The topological polar surface area (TPSA) is 119 Å². The highest BCUT2D eigenvalue weighted by atomic mass is 32.2. The number of aliphatic hydroxyl groups is 1. The van der Waals surface area contributed by atoms with Crippen molar-refractivity contribution in [2.45, 2.75) is 10.4 Å². The molecule has 2 heterocycles. The number of hydrogen-bond acceptors (Lipinski definition) is 7. The average molecular weight is 539 g/mol. The summed E-state index contributed by atoms with van der Waals surface area (Å²) in [5, 5.41) is 11.5. The first-order valence-corrected chi connectivity index (χ1v) is 13.3. The number of likely N-dealkylation sites (tertiary alicyclic amines) is 1. The zero-order valence-electron chi connectivity index (χ0n) is 21.7. The monoisotopic (exact) mass is 538 g/mol. The Bertz CT molecular complexity index is 1460. The van der Waals surface area contributed by atoms with Crippen molar-refractivity contribution in [1.82, 2.24) is 14.1 Å². The number of benzene rings is 2. The maximum absolute atomic E-state index is 14.2. The summed E-state index contributed by atoms with van der Waals surface area (Å²) >= 11 is 0. The summed E-state index contributed by atoms with van der Waals surface area (Å²) in [4.78, 5) is 45.7. The number of sulfonamides is 1. The van der Waals surface area contributed by atoms with E-state index in [-0.39, 0.29) is 29.1 Å². The van der Waals surface area contributed by atoms with Gasteiger partial charge in [0, 0.05) is 44.9 Å². The highest BCUT2D eigenvalue weighted by Gasteiger charge is 2.66. The molecule has 1 spiro atoms. The zero-order chi connectivity index (χ0) is 28.0. The molecule has 2 aliphatic rings. The summed E-state index contributed by atoms with van der Waals surface area (Å²) in [6.45, 7) is 4.28. The van der Waals surface area contributed by atoms with E-state index in [0.717, 1.165) is 4.31 Å². The lowest BCUT2D eigenvalue weighted by Crippen LogP contribution is -2.53. The minimum absolute atomic E-state index is 0.0142. The summed E-state index contributed by atoms with van der Waals surface area (Å²) in [5.74, 6) is -3.00. The number of carbonyl (C=O) groups excluding carboxylic acids is 3. The molecule has 1 fully saturated rings. The molecule has 2 aromatic rings. The molecule has 2 amide bonds. The predicted octanol–water partition coefficient (Wildman–Crippen LogP) is 1.61. The average Bonchev–Trinajstić information content (AvgIpc) is 3.25. The number of nitrogens with zero attached hydrogens (tertiary/aromatic N) is 4. The van der Waals surface area contributed by atoms with E-state index < -0.39 is 38.9 Å². The van der Waals surface area contributed by atoms with Crippen LogP contribution in [0.5, 0.6) is 0 Å². The molecule has 0 unspecified atom stereocenters. The van der Waals surface area contributed by atoms with Crippen LogP contribution in [0.3, 0.4) is 0 Å². The number of ketones is 1. The number of amides is 2. The third kappa shape index (κ3) is 3.94. The Labute approximate surface area is 222 Å². The number of carbonyl (C=O) groups is 3. The van der Waals surface area contributed by atoms with Gasteiger partial charge < -0.3 is 19.8 Å². The number of para-hydroxylation sites is 1. The Morgan fingerprint density at radius 1 is 1.03 bits per heavy atom. The summed E-state index contributed by atoms with van der Waals surface area (Å²) in [6, 6.07) is 12.1. The van der Waals surface area contributed by atoms with Crippen LogP contribution in [0, 0.1) is 0 Å². The largest absolute Gasteiger partial charge is 0.507 e. The second-order valence-corrected chi connectivity index (χ2v) is 11.7. The van der Waals surface area contributed by atoms with Crippen LogP contribution in [0.2, 0.25) is 0 Å². The van der Waals surface area contributed by atoms with Crippen molar-refractivity contribution in [2.75, 3.05) is 52.7 Å². The first-order chi connectivity index (χ1) is 17.9. The zero-order valence-corrected chi connectivity index (χ0v) is 22.5. The lowest BCUT2D eigenvalue weighted by molar-refractivity contribution is -0.143. The summed E-state index contributed by atoms with van der Waals surface area (Å²) < 4.78 is 26.1. The molecule has 1 atom stereocenters. The molecule has 200 valence electrons. The summed E-state index contributed by atoms with van der Waals surface area (Å²) in [5.41, 5.74) is -1.23. The van der Waals surface area contributed by atoms with Gasteiger partial charge in [0.2, 0.25) is 10.0 Å². The van der Waals surface area contributed by atoms with Crippen molar-refractivity contribution in [3.63, 3.8) is 0 Å². The third-order valence-electron chi connectivity index (χ3n) is 6.80. The fraction of sp³-hybridized carbons (Fsp3) is 0.296. The first-order valence-electron chi connectivity index (χ1n) is 11.9. The normalized spacial score (nSPS) is 20.7. The van der Waals surface area contributed by atoms with Gasteiger partial charge in [-0.1, -0.05) is 24.3 Å². The number of fused-ring (bicyclic) bond motifs is 2. The van der Waals surface area contributed by atoms with Gasteiger partial charge in [-0.15, -0.1) is 6.58 Å². The molecule has 0 radical (unpaired) electrons. The molecule has 1 saturated heterocycles. The lowest BCUT2D eigenvalue weighted by Gasteiger charge is -2.35. The second-order valence-electron chi connectivity index (χ2n) is 9.56. The van der Waals surface area contributed by atoms with Gasteiger partial charge in [-0.25, -0.2) is 12.7 Å². The highest BCUT2D eigenvalue weighted by Crippen LogP contribution is 2.53. The molecule has 4 rings (SSSR count). The van der Waals surface area contributed by atoms with E-state index in [2.05, 4.69) is 6.58 Å². The van der Waals surface area contributed by atoms with Gasteiger partial charge in [0.25, 0.3) is 17.6 Å². The second kappa shape index (κ2) is 9.82. The number of aliphatic hydroxyl groups excluding tert-OH is 1. The maximum Gasteiger partial charge on any atom is 0.296 e. The van der Waals surface area contributed by atoms with E-state index in [9.17, 15) is 27.9 Å². The Balaban J connectivity index is 1.99.